The summed E-state index contributed by atoms with van der Waals surface area (Å²) in [6, 6.07) is 7.87. The molecule has 0 aliphatic carbocycles. The Morgan fingerprint density at radius 2 is 2.06 bits per heavy atom. The lowest BCUT2D eigenvalue weighted by molar-refractivity contribution is 0.567. The van der Waals surface area contributed by atoms with Crippen molar-refractivity contribution in [3.63, 3.8) is 0 Å². The number of benzene rings is 1. The molecule has 2 N–H and O–H groups in total. The first-order valence-corrected chi connectivity index (χ1v) is 7.37. The van der Waals surface area contributed by atoms with E-state index < -0.39 is 10.0 Å². The van der Waals surface area contributed by atoms with Gasteiger partial charge < -0.3 is 5.32 Å². The van der Waals surface area contributed by atoms with Crippen molar-refractivity contribution in [2.24, 2.45) is 0 Å². The lowest BCUT2D eigenvalue weighted by Gasteiger charge is -2.11. The van der Waals surface area contributed by atoms with Crippen molar-refractivity contribution >= 4 is 10.0 Å². The Morgan fingerprint density at radius 1 is 1.35 bits per heavy atom. The zero-order valence-corrected chi connectivity index (χ0v) is 10.8. The SMILES string of the molecule is Cc1ccc(CNS(=O)(=O)C2CCNC2)cc1. The van der Waals surface area contributed by atoms with Gasteiger partial charge in [0.15, 0.2) is 0 Å². The standard InChI is InChI=1S/C12H18N2O2S/c1-10-2-4-11(5-3-10)8-14-17(15,16)12-6-7-13-9-12/h2-5,12-14H,6-9H2,1H3. The molecule has 1 saturated heterocycles. The monoisotopic (exact) mass is 254 g/mol. The summed E-state index contributed by atoms with van der Waals surface area (Å²) in [4.78, 5) is 0. The van der Waals surface area contributed by atoms with Gasteiger partial charge in [0.2, 0.25) is 10.0 Å². The number of hydrogen-bond acceptors (Lipinski definition) is 3. The molecule has 1 aromatic carbocycles. The molecule has 2 rings (SSSR count). The maximum Gasteiger partial charge on any atom is 0.216 e. The zero-order chi connectivity index (χ0) is 12.3. The topological polar surface area (TPSA) is 58.2 Å². The van der Waals surface area contributed by atoms with Crippen molar-refractivity contribution in [3.05, 3.63) is 35.4 Å². The number of hydrogen-bond donors (Lipinski definition) is 2. The average molecular weight is 254 g/mol. The van der Waals surface area contributed by atoms with Crippen molar-refractivity contribution in [1.29, 1.82) is 0 Å². The highest BCUT2D eigenvalue weighted by Crippen LogP contribution is 2.10. The van der Waals surface area contributed by atoms with Crippen LogP contribution in [0.2, 0.25) is 0 Å². The summed E-state index contributed by atoms with van der Waals surface area (Å²) in [5.74, 6) is 0. The largest absolute Gasteiger partial charge is 0.315 e. The molecule has 5 heteroatoms. The molecule has 1 fully saturated rings. The molecule has 94 valence electrons. The van der Waals surface area contributed by atoms with Gasteiger partial charge in [-0.1, -0.05) is 29.8 Å². The fourth-order valence-electron chi connectivity index (χ4n) is 1.90. The molecule has 4 nitrogen and oxygen atoms in total. The van der Waals surface area contributed by atoms with E-state index in [1.165, 1.54) is 5.56 Å². The van der Waals surface area contributed by atoms with E-state index in [2.05, 4.69) is 10.0 Å². The van der Waals surface area contributed by atoms with Gasteiger partial charge in [0.1, 0.15) is 0 Å². The Labute approximate surface area is 102 Å². The Hall–Kier alpha value is -0.910. The summed E-state index contributed by atoms with van der Waals surface area (Å²) >= 11 is 0. The van der Waals surface area contributed by atoms with Gasteiger partial charge >= 0.3 is 0 Å². The molecule has 0 amide bonds. The lowest BCUT2D eigenvalue weighted by Crippen LogP contribution is -2.35. The molecule has 1 atom stereocenters. The van der Waals surface area contributed by atoms with Gasteiger partial charge in [-0.25, -0.2) is 13.1 Å². The van der Waals surface area contributed by atoms with Crippen LogP contribution < -0.4 is 10.0 Å². The molecule has 17 heavy (non-hydrogen) atoms. The van der Waals surface area contributed by atoms with Gasteiger partial charge in [-0.3, -0.25) is 0 Å². The van der Waals surface area contributed by atoms with Crippen molar-refractivity contribution < 1.29 is 8.42 Å². The zero-order valence-electron chi connectivity index (χ0n) is 9.94. The molecular formula is C12H18N2O2S. The maximum atomic E-state index is 11.9. The van der Waals surface area contributed by atoms with Crippen LogP contribution in [0, 0.1) is 6.92 Å². The van der Waals surface area contributed by atoms with E-state index in [9.17, 15) is 8.42 Å². The Morgan fingerprint density at radius 3 is 2.65 bits per heavy atom. The molecule has 1 aliphatic heterocycles. The van der Waals surface area contributed by atoms with Crippen LogP contribution in [0.5, 0.6) is 0 Å². The van der Waals surface area contributed by atoms with Crippen molar-refractivity contribution in [1.82, 2.24) is 10.0 Å². The van der Waals surface area contributed by atoms with Crippen molar-refractivity contribution in [2.45, 2.75) is 25.1 Å². The van der Waals surface area contributed by atoms with Gasteiger partial charge in [-0.15, -0.1) is 0 Å². The van der Waals surface area contributed by atoms with E-state index in [0.29, 0.717) is 19.5 Å². The molecule has 1 aliphatic rings. The highest BCUT2D eigenvalue weighted by molar-refractivity contribution is 7.90. The first-order chi connectivity index (χ1) is 8.08. The Balaban J connectivity index is 1.95. The van der Waals surface area contributed by atoms with Gasteiger partial charge in [-0.2, -0.15) is 0 Å². The number of nitrogens with one attached hydrogen (secondary N) is 2. The maximum absolute atomic E-state index is 11.9. The molecule has 0 saturated carbocycles. The molecule has 1 heterocycles. The quantitative estimate of drug-likeness (QED) is 0.834. The summed E-state index contributed by atoms with van der Waals surface area (Å²) in [6.45, 7) is 3.73. The second-order valence-corrected chi connectivity index (χ2v) is 6.51. The van der Waals surface area contributed by atoms with Crippen LogP contribution in [0.4, 0.5) is 0 Å². The van der Waals surface area contributed by atoms with Crippen LogP contribution in [-0.2, 0) is 16.6 Å². The van der Waals surface area contributed by atoms with Crippen LogP contribution in [-0.4, -0.2) is 26.8 Å². The van der Waals surface area contributed by atoms with E-state index in [-0.39, 0.29) is 5.25 Å². The van der Waals surface area contributed by atoms with E-state index in [4.69, 9.17) is 0 Å². The minimum Gasteiger partial charge on any atom is -0.315 e. The number of sulfonamides is 1. The van der Waals surface area contributed by atoms with E-state index in [1.54, 1.807) is 0 Å². The van der Waals surface area contributed by atoms with Gasteiger partial charge in [0, 0.05) is 13.1 Å². The number of aryl methyl sites for hydroxylation is 1. The molecule has 0 spiro atoms. The van der Waals surface area contributed by atoms with E-state index in [0.717, 1.165) is 12.1 Å². The highest BCUT2D eigenvalue weighted by atomic mass is 32.2. The van der Waals surface area contributed by atoms with Crippen LogP contribution >= 0.6 is 0 Å². The summed E-state index contributed by atoms with van der Waals surface area (Å²) in [7, 11) is -3.18. The summed E-state index contributed by atoms with van der Waals surface area (Å²) < 4.78 is 26.5. The minimum atomic E-state index is -3.18. The van der Waals surface area contributed by atoms with E-state index in [1.807, 2.05) is 31.2 Å². The average Bonchev–Trinajstić information content (AvgIpc) is 2.82. The Kier molecular flexibility index (Phi) is 3.81. The first-order valence-electron chi connectivity index (χ1n) is 5.83. The fraction of sp³-hybridized carbons (Fsp3) is 0.500. The third-order valence-corrected chi connectivity index (χ3v) is 4.88. The van der Waals surface area contributed by atoms with Crippen LogP contribution in [0.25, 0.3) is 0 Å². The smallest absolute Gasteiger partial charge is 0.216 e. The van der Waals surface area contributed by atoms with Crippen molar-refractivity contribution in [3.8, 4) is 0 Å². The molecule has 1 unspecified atom stereocenters. The molecule has 0 aromatic heterocycles. The summed E-state index contributed by atoms with van der Waals surface area (Å²) in [5, 5.41) is 2.78. The fourth-order valence-corrected chi connectivity index (χ4v) is 3.27. The van der Waals surface area contributed by atoms with E-state index >= 15 is 0 Å². The Bertz CT molecular complexity index is 462. The third-order valence-electron chi connectivity index (χ3n) is 3.05. The predicted octanol–water partition coefficient (Wildman–Crippen LogP) is 0.776. The van der Waals surface area contributed by atoms with Crippen LogP contribution in [0.1, 0.15) is 17.5 Å². The van der Waals surface area contributed by atoms with Crippen molar-refractivity contribution in [2.75, 3.05) is 13.1 Å². The van der Waals surface area contributed by atoms with Gasteiger partial charge in [0.05, 0.1) is 5.25 Å². The summed E-state index contributed by atoms with van der Waals surface area (Å²) in [5.41, 5.74) is 2.17. The molecule has 1 aromatic rings. The van der Waals surface area contributed by atoms with Crippen LogP contribution in [0.15, 0.2) is 24.3 Å². The predicted molar refractivity (Wildman–Crippen MR) is 68.2 cm³/mol. The molecular weight excluding hydrogens is 236 g/mol. The lowest BCUT2D eigenvalue weighted by atomic mass is 10.2. The molecule has 0 bridgehead atoms. The summed E-state index contributed by atoms with van der Waals surface area (Å²) in [6.07, 6.45) is 0.698. The van der Waals surface area contributed by atoms with Crippen LogP contribution in [0.3, 0.4) is 0 Å². The normalized spacial score (nSPS) is 20.6. The molecule has 0 radical (unpaired) electrons. The third kappa shape index (κ3) is 3.28. The second-order valence-electron chi connectivity index (χ2n) is 4.47. The first kappa shape index (κ1) is 12.5. The van der Waals surface area contributed by atoms with Gasteiger partial charge in [-0.05, 0) is 25.5 Å². The second kappa shape index (κ2) is 5.16. The van der Waals surface area contributed by atoms with Gasteiger partial charge in [0.25, 0.3) is 0 Å². The number of rotatable bonds is 4. The highest BCUT2D eigenvalue weighted by Gasteiger charge is 2.27. The minimum absolute atomic E-state index is 0.284.